The second-order valence-corrected chi connectivity index (χ2v) is 9.25. The van der Waals surface area contributed by atoms with Gasteiger partial charge in [0.2, 0.25) is 11.8 Å². The molecule has 0 aliphatic carbocycles. The first kappa shape index (κ1) is 23.4. The molecule has 0 saturated carbocycles. The Morgan fingerprint density at radius 2 is 1.86 bits per heavy atom. The van der Waals surface area contributed by atoms with Crippen LogP contribution in [0.15, 0.2) is 53.3 Å². The molecule has 0 amide bonds. The van der Waals surface area contributed by atoms with E-state index < -0.39 is 0 Å². The minimum absolute atomic E-state index is 0.269. The number of ether oxygens (including phenoxy) is 2. The highest BCUT2D eigenvalue weighted by molar-refractivity contribution is 5.90. The van der Waals surface area contributed by atoms with Gasteiger partial charge < -0.3 is 24.5 Å². The average Bonchev–Trinajstić information content (AvgIpc) is 3.68. The fourth-order valence-corrected chi connectivity index (χ4v) is 4.94. The summed E-state index contributed by atoms with van der Waals surface area (Å²) in [6.45, 7) is 4.88. The van der Waals surface area contributed by atoms with Gasteiger partial charge in [0.15, 0.2) is 17.1 Å². The van der Waals surface area contributed by atoms with E-state index >= 15 is 0 Å². The molecule has 37 heavy (non-hydrogen) atoms. The molecule has 0 bridgehead atoms. The van der Waals surface area contributed by atoms with E-state index in [2.05, 4.69) is 49.3 Å². The van der Waals surface area contributed by atoms with Crippen LogP contribution in [0.2, 0.25) is 0 Å². The molecule has 5 heterocycles. The Balaban J connectivity index is 1.08. The monoisotopic (exact) mass is 502 g/mol. The third kappa shape index (κ3) is 4.75. The van der Waals surface area contributed by atoms with Gasteiger partial charge in [0.25, 0.3) is 0 Å². The van der Waals surface area contributed by atoms with Crippen molar-refractivity contribution < 1.29 is 13.9 Å². The average molecular weight is 503 g/mol. The molecule has 1 saturated heterocycles. The van der Waals surface area contributed by atoms with Crippen LogP contribution >= 0.6 is 0 Å². The summed E-state index contributed by atoms with van der Waals surface area (Å²) in [7, 11) is 1.68. The zero-order chi connectivity index (χ0) is 25.2. The van der Waals surface area contributed by atoms with E-state index in [0.29, 0.717) is 42.0 Å². The normalized spacial score (nSPS) is 15.2. The molecular weight excluding hydrogens is 472 g/mol. The lowest BCUT2D eigenvalue weighted by molar-refractivity contribution is 0.146. The van der Waals surface area contributed by atoms with Crippen molar-refractivity contribution in [3.8, 4) is 17.3 Å². The van der Waals surface area contributed by atoms with Crippen LogP contribution in [-0.2, 0) is 11.3 Å². The van der Waals surface area contributed by atoms with E-state index in [0.717, 1.165) is 50.2 Å². The summed E-state index contributed by atoms with van der Waals surface area (Å²) < 4.78 is 19.6. The van der Waals surface area contributed by atoms with E-state index in [1.807, 2.05) is 10.7 Å². The molecule has 2 N–H and O–H groups in total. The molecule has 6 rings (SSSR count). The van der Waals surface area contributed by atoms with Crippen molar-refractivity contribution in [2.75, 3.05) is 45.7 Å². The third-order valence-corrected chi connectivity index (χ3v) is 6.96. The highest BCUT2D eigenvalue weighted by Gasteiger charge is 2.22. The first-order valence-corrected chi connectivity index (χ1v) is 12.6. The number of piperidine rings is 1. The van der Waals surface area contributed by atoms with Gasteiger partial charge in [0.1, 0.15) is 12.4 Å². The predicted octanol–water partition coefficient (Wildman–Crippen LogP) is 3.22. The molecule has 1 fully saturated rings. The Bertz CT molecular complexity index is 1470. The van der Waals surface area contributed by atoms with Crippen molar-refractivity contribution in [3.63, 3.8) is 0 Å². The lowest BCUT2D eigenvalue weighted by Crippen LogP contribution is -2.35. The van der Waals surface area contributed by atoms with Gasteiger partial charge in [-0.3, -0.25) is 0 Å². The minimum Gasteiger partial charge on any atom is -0.491 e. The standard InChI is InChI=1S/C26H30N8O3/c1-35-15-16-36-20-6-4-18(5-7-20)19-8-10-32(11-9-19)12-13-33-24-21(17-28-33)25-29-23(22-3-2-14-37-22)31-34(25)26(27)30-24/h2-7,14,17,19H,8-13,15-16H2,1H3,(H2,27,30). The molecule has 1 aromatic carbocycles. The highest BCUT2D eigenvalue weighted by Crippen LogP contribution is 2.29. The van der Waals surface area contributed by atoms with Gasteiger partial charge in [-0.1, -0.05) is 12.1 Å². The molecule has 11 heteroatoms. The largest absolute Gasteiger partial charge is 0.491 e. The maximum atomic E-state index is 6.22. The number of hydrogen-bond donors (Lipinski definition) is 1. The fraction of sp³-hybridized carbons (Fsp3) is 0.385. The third-order valence-electron chi connectivity index (χ3n) is 6.96. The maximum Gasteiger partial charge on any atom is 0.225 e. The lowest BCUT2D eigenvalue weighted by atomic mass is 9.89. The number of hydrogen-bond acceptors (Lipinski definition) is 9. The summed E-state index contributed by atoms with van der Waals surface area (Å²) in [4.78, 5) is 11.7. The molecule has 0 spiro atoms. The van der Waals surface area contributed by atoms with Gasteiger partial charge in [-0.2, -0.15) is 14.6 Å². The molecule has 0 radical (unpaired) electrons. The number of furan rings is 1. The Morgan fingerprint density at radius 1 is 1.03 bits per heavy atom. The smallest absolute Gasteiger partial charge is 0.225 e. The van der Waals surface area contributed by atoms with Crippen LogP contribution in [0.4, 0.5) is 5.95 Å². The van der Waals surface area contributed by atoms with E-state index in [-0.39, 0.29) is 5.95 Å². The second kappa shape index (κ2) is 10.2. The van der Waals surface area contributed by atoms with Crippen LogP contribution in [0.1, 0.15) is 24.3 Å². The number of methoxy groups -OCH3 is 1. The van der Waals surface area contributed by atoms with Gasteiger partial charge in [-0.05, 0) is 61.7 Å². The predicted molar refractivity (Wildman–Crippen MR) is 138 cm³/mol. The molecular formula is C26H30N8O3. The number of anilines is 1. The molecule has 0 unspecified atom stereocenters. The number of nitrogens with zero attached hydrogens (tertiary/aromatic N) is 7. The second-order valence-electron chi connectivity index (χ2n) is 9.25. The van der Waals surface area contributed by atoms with Crippen molar-refractivity contribution >= 4 is 22.6 Å². The van der Waals surface area contributed by atoms with E-state index in [1.54, 1.807) is 25.6 Å². The van der Waals surface area contributed by atoms with E-state index in [1.165, 1.54) is 10.1 Å². The van der Waals surface area contributed by atoms with E-state index in [4.69, 9.17) is 19.6 Å². The maximum absolute atomic E-state index is 6.22. The van der Waals surface area contributed by atoms with Crippen LogP contribution in [0.3, 0.4) is 0 Å². The van der Waals surface area contributed by atoms with Crippen LogP contribution in [-0.4, -0.2) is 74.2 Å². The number of rotatable bonds is 9. The van der Waals surface area contributed by atoms with Crippen molar-refractivity contribution in [2.45, 2.75) is 25.3 Å². The van der Waals surface area contributed by atoms with Gasteiger partial charge in [-0.15, -0.1) is 5.10 Å². The minimum atomic E-state index is 0.269. The molecule has 5 aromatic rings. The quantitative estimate of drug-likeness (QED) is 0.303. The summed E-state index contributed by atoms with van der Waals surface area (Å²) in [6.07, 6.45) is 5.64. The fourth-order valence-electron chi connectivity index (χ4n) is 4.94. The summed E-state index contributed by atoms with van der Waals surface area (Å²) in [6, 6.07) is 12.1. The Morgan fingerprint density at radius 3 is 2.62 bits per heavy atom. The molecule has 1 aliphatic rings. The lowest BCUT2D eigenvalue weighted by Gasteiger charge is -2.32. The van der Waals surface area contributed by atoms with Crippen LogP contribution < -0.4 is 10.5 Å². The highest BCUT2D eigenvalue weighted by atomic mass is 16.5. The molecule has 0 atom stereocenters. The van der Waals surface area contributed by atoms with Gasteiger partial charge >= 0.3 is 0 Å². The van der Waals surface area contributed by atoms with Gasteiger partial charge in [-0.25, -0.2) is 9.67 Å². The van der Waals surface area contributed by atoms with Crippen molar-refractivity contribution in [2.24, 2.45) is 0 Å². The van der Waals surface area contributed by atoms with Crippen LogP contribution in [0, 0.1) is 0 Å². The molecule has 192 valence electrons. The van der Waals surface area contributed by atoms with Gasteiger partial charge in [0, 0.05) is 13.7 Å². The number of likely N-dealkylation sites (tertiary alicyclic amines) is 1. The topological polar surface area (TPSA) is 122 Å². The zero-order valence-corrected chi connectivity index (χ0v) is 20.8. The van der Waals surface area contributed by atoms with Crippen LogP contribution in [0.25, 0.3) is 28.3 Å². The van der Waals surface area contributed by atoms with Crippen molar-refractivity contribution in [3.05, 3.63) is 54.4 Å². The zero-order valence-electron chi connectivity index (χ0n) is 20.8. The molecule has 1 aliphatic heterocycles. The van der Waals surface area contributed by atoms with Gasteiger partial charge in [0.05, 0.1) is 31.0 Å². The first-order chi connectivity index (χ1) is 18.2. The number of aromatic nitrogens is 6. The Labute approximate surface area is 213 Å². The SMILES string of the molecule is COCCOc1ccc(C2CCN(CCn3ncc4c3nc(N)n3nc(-c5ccco5)nc43)CC2)cc1. The number of nitrogen functional groups attached to an aromatic ring is 1. The number of fused-ring (bicyclic) bond motifs is 3. The summed E-state index contributed by atoms with van der Waals surface area (Å²) in [5.74, 6) is 2.78. The Kier molecular flexibility index (Phi) is 6.46. The summed E-state index contributed by atoms with van der Waals surface area (Å²) in [5, 5.41) is 9.85. The molecule has 11 nitrogen and oxygen atoms in total. The number of nitrogens with two attached hydrogens (primary N) is 1. The summed E-state index contributed by atoms with van der Waals surface area (Å²) >= 11 is 0. The summed E-state index contributed by atoms with van der Waals surface area (Å²) in [5.41, 5.74) is 8.93. The van der Waals surface area contributed by atoms with Crippen molar-refractivity contribution in [1.29, 1.82) is 0 Å². The molecule has 4 aromatic heterocycles. The Hall–Kier alpha value is -3.96. The first-order valence-electron chi connectivity index (χ1n) is 12.6. The number of benzene rings is 1. The van der Waals surface area contributed by atoms with Crippen LogP contribution in [0.5, 0.6) is 5.75 Å². The van der Waals surface area contributed by atoms with Crippen molar-refractivity contribution in [1.82, 2.24) is 34.3 Å². The van der Waals surface area contributed by atoms with E-state index in [9.17, 15) is 0 Å².